The number of hydrogen-bond acceptors (Lipinski definition) is 4. The fourth-order valence-electron chi connectivity index (χ4n) is 1.88. The summed E-state index contributed by atoms with van der Waals surface area (Å²) in [5, 5.41) is 0.657. The molecule has 0 saturated heterocycles. The number of halogens is 1. The van der Waals surface area contributed by atoms with Gasteiger partial charge in [-0.2, -0.15) is 4.98 Å². The van der Waals surface area contributed by atoms with Crippen LogP contribution in [0.3, 0.4) is 0 Å². The monoisotopic (exact) mass is 275 g/mol. The van der Waals surface area contributed by atoms with Crippen LogP contribution < -0.4 is 11.3 Å². The van der Waals surface area contributed by atoms with E-state index < -0.39 is 0 Å². The minimum Gasteiger partial charge on any atom is -0.369 e. The molecule has 0 aliphatic heterocycles. The van der Waals surface area contributed by atoms with E-state index in [-0.39, 0.29) is 11.5 Å². The average Bonchev–Trinajstić information content (AvgIpc) is 2.75. The predicted molar refractivity (Wildman–Crippen MR) is 73.2 cm³/mol. The van der Waals surface area contributed by atoms with Gasteiger partial charge in [0.25, 0.3) is 5.56 Å². The van der Waals surface area contributed by atoms with Gasteiger partial charge in [0, 0.05) is 11.4 Å². The van der Waals surface area contributed by atoms with Crippen molar-refractivity contribution in [2.24, 2.45) is 0 Å². The maximum Gasteiger partial charge on any atom is 0.278 e. The highest BCUT2D eigenvalue weighted by molar-refractivity contribution is 6.31. The smallest absolute Gasteiger partial charge is 0.278 e. The van der Waals surface area contributed by atoms with Gasteiger partial charge in [0.15, 0.2) is 11.2 Å². The predicted octanol–water partition coefficient (Wildman–Crippen LogP) is 1.47. The lowest BCUT2D eigenvalue weighted by molar-refractivity contribution is 1.03. The second-order valence-corrected chi connectivity index (χ2v) is 4.51. The van der Waals surface area contributed by atoms with E-state index in [0.717, 1.165) is 5.56 Å². The molecule has 0 fully saturated rings. The number of anilines is 1. The van der Waals surface area contributed by atoms with Gasteiger partial charge in [-0.15, -0.1) is 0 Å². The zero-order chi connectivity index (χ0) is 13.4. The molecule has 0 amide bonds. The summed E-state index contributed by atoms with van der Waals surface area (Å²) >= 11 is 6.08. The van der Waals surface area contributed by atoms with Crippen molar-refractivity contribution in [3.63, 3.8) is 0 Å². The molecule has 0 aliphatic rings. The number of nitrogens with two attached hydrogens (primary N) is 1. The lowest BCUT2D eigenvalue weighted by Crippen LogP contribution is -2.10. The Kier molecular flexibility index (Phi) is 2.72. The first-order valence-electron chi connectivity index (χ1n) is 5.61. The van der Waals surface area contributed by atoms with Crippen LogP contribution in [0.1, 0.15) is 11.4 Å². The Bertz CT molecular complexity index is 807. The average molecular weight is 276 g/mol. The quantitative estimate of drug-likeness (QED) is 0.659. The summed E-state index contributed by atoms with van der Waals surface area (Å²) in [6, 6.07) is 7.47. The van der Waals surface area contributed by atoms with Crippen LogP contribution in [0.15, 0.2) is 29.1 Å². The van der Waals surface area contributed by atoms with Gasteiger partial charge in [0.2, 0.25) is 5.95 Å². The molecule has 0 radical (unpaired) electrons. The molecular formula is C12H10ClN5O. The third-order valence-electron chi connectivity index (χ3n) is 2.74. The van der Waals surface area contributed by atoms with Gasteiger partial charge in [0.05, 0.1) is 0 Å². The van der Waals surface area contributed by atoms with E-state index in [0.29, 0.717) is 28.4 Å². The third-order valence-corrected chi connectivity index (χ3v) is 3.11. The first kappa shape index (κ1) is 11.7. The molecule has 0 spiro atoms. The number of hydrogen-bond donors (Lipinski definition) is 3. The first-order valence-corrected chi connectivity index (χ1v) is 5.99. The van der Waals surface area contributed by atoms with Crippen molar-refractivity contribution in [1.82, 2.24) is 19.9 Å². The summed E-state index contributed by atoms with van der Waals surface area (Å²) in [6.45, 7) is 0. The molecule has 0 aliphatic carbocycles. The summed E-state index contributed by atoms with van der Waals surface area (Å²) < 4.78 is 0. The highest BCUT2D eigenvalue weighted by Gasteiger charge is 2.10. The van der Waals surface area contributed by atoms with Crippen LogP contribution in [0.5, 0.6) is 0 Å². The Labute approximate surface area is 112 Å². The molecule has 4 N–H and O–H groups in total. The Morgan fingerprint density at radius 2 is 2.00 bits per heavy atom. The molecule has 2 aromatic heterocycles. The van der Waals surface area contributed by atoms with Crippen LogP contribution in [-0.4, -0.2) is 19.9 Å². The van der Waals surface area contributed by atoms with Gasteiger partial charge in [0.1, 0.15) is 5.82 Å². The van der Waals surface area contributed by atoms with E-state index in [1.165, 1.54) is 0 Å². The Morgan fingerprint density at radius 1 is 1.21 bits per heavy atom. The molecule has 0 saturated carbocycles. The summed E-state index contributed by atoms with van der Waals surface area (Å²) in [5.74, 6) is 0.667. The fourth-order valence-corrected chi connectivity index (χ4v) is 2.08. The van der Waals surface area contributed by atoms with Gasteiger partial charge in [-0.3, -0.25) is 9.78 Å². The standard InChI is InChI=1S/C12H10ClN5O/c13-7-4-2-1-3-6(7)5-8-15-9-10(16-8)17-12(14)18-11(9)19/h1-4H,5H2,(H4,14,15,16,17,18,19). The van der Waals surface area contributed by atoms with Gasteiger partial charge in [-0.05, 0) is 11.6 Å². The maximum absolute atomic E-state index is 11.7. The number of nitrogens with zero attached hydrogens (tertiary/aromatic N) is 2. The van der Waals surface area contributed by atoms with E-state index in [1.807, 2.05) is 24.3 Å². The van der Waals surface area contributed by atoms with Crippen molar-refractivity contribution >= 4 is 28.7 Å². The van der Waals surface area contributed by atoms with Crippen molar-refractivity contribution < 1.29 is 0 Å². The minimum atomic E-state index is -0.333. The number of aromatic nitrogens is 4. The summed E-state index contributed by atoms with van der Waals surface area (Å²) in [6.07, 6.45) is 0.495. The van der Waals surface area contributed by atoms with Gasteiger partial charge >= 0.3 is 0 Å². The van der Waals surface area contributed by atoms with Crippen LogP contribution in [0.2, 0.25) is 5.02 Å². The van der Waals surface area contributed by atoms with E-state index in [9.17, 15) is 4.79 Å². The second kappa shape index (κ2) is 4.40. The summed E-state index contributed by atoms with van der Waals surface area (Å²) in [5.41, 5.74) is 6.68. The number of fused-ring (bicyclic) bond motifs is 1. The maximum atomic E-state index is 11.7. The molecule has 96 valence electrons. The number of imidazole rings is 1. The van der Waals surface area contributed by atoms with Crippen molar-refractivity contribution in [2.45, 2.75) is 6.42 Å². The SMILES string of the molecule is Nc1nc2nc(Cc3ccccc3Cl)[nH]c2c(=O)[nH]1. The Hall–Kier alpha value is -2.34. The van der Waals surface area contributed by atoms with E-state index >= 15 is 0 Å². The van der Waals surface area contributed by atoms with Crippen molar-refractivity contribution in [2.75, 3.05) is 5.73 Å². The summed E-state index contributed by atoms with van der Waals surface area (Å²) in [7, 11) is 0. The highest BCUT2D eigenvalue weighted by Crippen LogP contribution is 2.18. The normalized spacial score (nSPS) is 11.0. The molecule has 19 heavy (non-hydrogen) atoms. The molecule has 1 aromatic carbocycles. The van der Waals surface area contributed by atoms with Crippen LogP contribution in [0.25, 0.3) is 11.2 Å². The number of nitrogens with one attached hydrogen (secondary N) is 2. The lowest BCUT2D eigenvalue weighted by atomic mass is 10.1. The molecule has 3 rings (SSSR count). The molecular weight excluding hydrogens is 266 g/mol. The zero-order valence-electron chi connectivity index (χ0n) is 9.77. The Balaban J connectivity index is 2.05. The van der Waals surface area contributed by atoms with Crippen LogP contribution in [0.4, 0.5) is 5.95 Å². The van der Waals surface area contributed by atoms with E-state index in [1.54, 1.807) is 0 Å². The molecule has 0 bridgehead atoms. The fraction of sp³-hybridized carbons (Fsp3) is 0.0833. The van der Waals surface area contributed by atoms with Gasteiger partial charge in [-0.25, -0.2) is 4.98 Å². The highest BCUT2D eigenvalue weighted by atomic mass is 35.5. The van der Waals surface area contributed by atoms with Gasteiger partial charge in [-0.1, -0.05) is 29.8 Å². The number of aromatic amines is 2. The van der Waals surface area contributed by atoms with Crippen LogP contribution in [-0.2, 0) is 6.42 Å². The number of nitrogen functional groups attached to an aromatic ring is 1. The minimum absolute atomic E-state index is 0.0493. The first-order chi connectivity index (χ1) is 9.13. The number of benzene rings is 1. The number of rotatable bonds is 2. The third kappa shape index (κ3) is 2.17. The number of H-pyrrole nitrogens is 2. The topological polar surface area (TPSA) is 100 Å². The second-order valence-electron chi connectivity index (χ2n) is 4.10. The van der Waals surface area contributed by atoms with Gasteiger partial charge < -0.3 is 10.7 Å². The van der Waals surface area contributed by atoms with E-state index in [4.69, 9.17) is 17.3 Å². The largest absolute Gasteiger partial charge is 0.369 e. The molecule has 6 nitrogen and oxygen atoms in total. The van der Waals surface area contributed by atoms with Crippen molar-refractivity contribution in [3.8, 4) is 0 Å². The van der Waals surface area contributed by atoms with Crippen LogP contribution >= 0.6 is 11.6 Å². The Morgan fingerprint density at radius 3 is 2.79 bits per heavy atom. The van der Waals surface area contributed by atoms with Crippen molar-refractivity contribution in [3.05, 3.63) is 51.0 Å². The van der Waals surface area contributed by atoms with Crippen molar-refractivity contribution in [1.29, 1.82) is 0 Å². The molecule has 2 heterocycles. The lowest BCUT2D eigenvalue weighted by Gasteiger charge is -2.00. The molecule has 0 atom stereocenters. The van der Waals surface area contributed by atoms with Crippen LogP contribution in [0, 0.1) is 0 Å². The molecule has 0 unspecified atom stereocenters. The summed E-state index contributed by atoms with van der Waals surface area (Å²) in [4.78, 5) is 25.2. The molecule has 3 aromatic rings. The zero-order valence-corrected chi connectivity index (χ0v) is 10.5. The molecule has 7 heteroatoms. The van der Waals surface area contributed by atoms with E-state index in [2.05, 4.69) is 19.9 Å².